The number of aromatic nitrogens is 2. The summed E-state index contributed by atoms with van der Waals surface area (Å²) in [5.74, 6) is 3.48. The first-order chi connectivity index (χ1) is 14.0. The number of aliphatic imine (C=N–C) groups is 1. The summed E-state index contributed by atoms with van der Waals surface area (Å²) >= 11 is 0. The third-order valence-corrected chi connectivity index (χ3v) is 4.94. The van der Waals surface area contributed by atoms with Gasteiger partial charge in [0.15, 0.2) is 17.5 Å². The third kappa shape index (κ3) is 7.37. The zero-order chi connectivity index (χ0) is 21.2. The number of hydrogen-bond donors (Lipinski definition) is 1. The highest BCUT2D eigenvalue weighted by Crippen LogP contribution is 2.30. The Kier molecular flexibility index (Phi) is 11.6. The van der Waals surface area contributed by atoms with Gasteiger partial charge in [0.1, 0.15) is 5.82 Å². The van der Waals surface area contributed by atoms with Crippen molar-refractivity contribution in [2.24, 2.45) is 4.99 Å². The Hall–Kier alpha value is -1.97. The lowest BCUT2D eigenvalue weighted by Gasteiger charge is -2.23. The first-order valence-electron chi connectivity index (χ1n) is 10.2. The standard InChI is InChI=1S/C22H35N5O2.HI/c1-7-23-22(25-10-8-9-12-27-13-11-24-18(27)3)26(4)16-19-15-21(29-6)20(28-5)14-17(19)2;/h11,13-15H,7-10,12,16H2,1-6H3,(H,23,25);1H. The van der Waals surface area contributed by atoms with Gasteiger partial charge in [-0.2, -0.15) is 0 Å². The maximum atomic E-state index is 5.46. The summed E-state index contributed by atoms with van der Waals surface area (Å²) in [7, 11) is 5.39. The van der Waals surface area contributed by atoms with E-state index in [1.54, 1.807) is 14.2 Å². The summed E-state index contributed by atoms with van der Waals surface area (Å²) in [5, 5.41) is 3.39. The van der Waals surface area contributed by atoms with Crippen LogP contribution >= 0.6 is 24.0 Å². The van der Waals surface area contributed by atoms with Crippen LogP contribution in [0.25, 0.3) is 0 Å². The highest BCUT2D eigenvalue weighted by molar-refractivity contribution is 14.0. The molecular formula is C22H36IN5O2. The van der Waals surface area contributed by atoms with E-state index in [-0.39, 0.29) is 24.0 Å². The first-order valence-corrected chi connectivity index (χ1v) is 10.2. The number of nitrogens with zero attached hydrogens (tertiary/aromatic N) is 4. The van der Waals surface area contributed by atoms with Gasteiger partial charge in [-0.25, -0.2) is 4.98 Å². The normalized spacial score (nSPS) is 11.1. The number of hydrogen-bond acceptors (Lipinski definition) is 4. The zero-order valence-electron chi connectivity index (χ0n) is 19.1. The molecule has 168 valence electrons. The second-order valence-corrected chi connectivity index (χ2v) is 7.10. The molecule has 0 amide bonds. The summed E-state index contributed by atoms with van der Waals surface area (Å²) in [6.07, 6.45) is 6.00. The molecule has 0 aliphatic heterocycles. The van der Waals surface area contributed by atoms with Gasteiger partial charge in [0, 0.05) is 45.6 Å². The molecule has 0 bridgehead atoms. The van der Waals surface area contributed by atoms with Crippen LogP contribution in [0.3, 0.4) is 0 Å². The molecule has 0 aliphatic carbocycles. The number of unbranched alkanes of at least 4 members (excludes halogenated alkanes) is 1. The van der Waals surface area contributed by atoms with E-state index < -0.39 is 0 Å². The number of nitrogens with one attached hydrogen (secondary N) is 1. The number of aryl methyl sites for hydroxylation is 3. The zero-order valence-corrected chi connectivity index (χ0v) is 21.4. The van der Waals surface area contributed by atoms with Crippen molar-refractivity contribution < 1.29 is 9.47 Å². The SMILES string of the molecule is CCNC(=NCCCCn1ccnc1C)N(C)Cc1cc(OC)c(OC)cc1C.I. The molecule has 0 spiro atoms. The lowest BCUT2D eigenvalue weighted by atomic mass is 10.1. The van der Waals surface area contributed by atoms with Crippen LogP contribution in [0.2, 0.25) is 0 Å². The van der Waals surface area contributed by atoms with Gasteiger partial charge < -0.3 is 24.3 Å². The van der Waals surface area contributed by atoms with Crippen molar-refractivity contribution in [1.29, 1.82) is 0 Å². The fourth-order valence-corrected chi connectivity index (χ4v) is 3.21. The van der Waals surface area contributed by atoms with Crippen LogP contribution in [0.1, 0.15) is 36.7 Å². The van der Waals surface area contributed by atoms with Crippen LogP contribution in [0, 0.1) is 13.8 Å². The van der Waals surface area contributed by atoms with Crippen LogP contribution in [-0.2, 0) is 13.1 Å². The Morgan fingerprint density at radius 2 is 1.87 bits per heavy atom. The largest absolute Gasteiger partial charge is 0.493 e. The van der Waals surface area contributed by atoms with E-state index in [9.17, 15) is 0 Å². The third-order valence-electron chi connectivity index (χ3n) is 4.94. The fourth-order valence-electron chi connectivity index (χ4n) is 3.21. The Balaban J connectivity index is 0.00000450. The molecule has 0 radical (unpaired) electrons. The lowest BCUT2D eigenvalue weighted by Crippen LogP contribution is -2.38. The predicted molar refractivity (Wildman–Crippen MR) is 133 cm³/mol. The van der Waals surface area contributed by atoms with Crippen LogP contribution < -0.4 is 14.8 Å². The van der Waals surface area contributed by atoms with Gasteiger partial charge in [-0.05, 0) is 56.9 Å². The first kappa shape index (κ1) is 26.1. The van der Waals surface area contributed by atoms with Gasteiger partial charge in [0.2, 0.25) is 0 Å². The van der Waals surface area contributed by atoms with Crippen molar-refractivity contribution in [3.63, 3.8) is 0 Å². The summed E-state index contributed by atoms with van der Waals surface area (Å²) in [6, 6.07) is 4.06. The molecular weight excluding hydrogens is 493 g/mol. The number of ether oxygens (including phenoxy) is 2. The number of imidazole rings is 1. The van der Waals surface area contributed by atoms with Crippen molar-refractivity contribution in [1.82, 2.24) is 19.8 Å². The molecule has 0 fully saturated rings. The van der Waals surface area contributed by atoms with Gasteiger partial charge in [0.25, 0.3) is 0 Å². The highest BCUT2D eigenvalue weighted by Gasteiger charge is 2.12. The van der Waals surface area contributed by atoms with Crippen molar-refractivity contribution in [3.05, 3.63) is 41.5 Å². The molecule has 2 aromatic rings. The smallest absolute Gasteiger partial charge is 0.193 e. The average molecular weight is 529 g/mol. The van der Waals surface area contributed by atoms with Crippen molar-refractivity contribution in [3.8, 4) is 11.5 Å². The highest BCUT2D eigenvalue weighted by atomic mass is 127. The van der Waals surface area contributed by atoms with E-state index in [1.807, 2.05) is 31.5 Å². The van der Waals surface area contributed by atoms with E-state index in [0.717, 1.165) is 62.3 Å². The van der Waals surface area contributed by atoms with Gasteiger partial charge in [0.05, 0.1) is 14.2 Å². The van der Waals surface area contributed by atoms with Crippen molar-refractivity contribution >= 4 is 29.9 Å². The van der Waals surface area contributed by atoms with Crippen LogP contribution in [0.5, 0.6) is 11.5 Å². The molecule has 1 aromatic heterocycles. The molecule has 0 aliphatic rings. The number of rotatable bonds is 10. The topological polar surface area (TPSA) is 63.9 Å². The Bertz CT molecular complexity index is 807. The van der Waals surface area contributed by atoms with Crippen molar-refractivity contribution in [2.75, 3.05) is 34.4 Å². The molecule has 1 N–H and O–H groups in total. The Morgan fingerprint density at radius 3 is 2.47 bits per heavy atom. The van der Waals surface area contributed by atoms with Crippen molar-refractivity contribution in [2.45, 2.75) is 46.7 Å². The van der Waals surface area contributed by atoms with E-state index in [4.69, 9.17) is 14.5 Å². The Morgan fingerprint density at radius 1 is 1.17 bits per heavy atom. The van der Waals surface area contributed by atoms with E-state index in [1.165, 1.54) is 11.1 Å². The molecule has 8 heteroatoms. The minimum atomic E-state index is 0. The average Bonchev–Trinajstić information content (AvgIpc) is 3.12. The molecule has 1 heterocycles. The quantitative estimate of drug-likeness (QED) is 0.218. The second kappa shape index (κ2) is 13.4. The van der Waals surface area contributed by atoms with Gasteiger partial charge in [-0.15, -0.1) is 24.0 Å². The molecule has 30 heavy (non-hydrogen) atoms. The lowest BCUT2D eigenvalue weighted by molar-refractivity contribution is 0.353. The van der Waals surface area contributed by atoms with E-state index in [2.05, 4.69) is 40.7 Å². The summed E-state index contributed by atoms with van der Waals surface area (Å²) < 4.78 is 13.0. The van der Waals surface area contributed by atoms with Gasteiger partial charge in [-0.1, -0.05) is 0 Å². The number of benzene rings is 1. The summed E-state index contributed by atoms with van der Waals surface area (Å²) in [4.78, 5) is 11.2. The molecule has 0 saturated carbocycles. The number of methoxy groups -OCH3 is 2. The Labute approximate surface area is 197 Å². The molecule has 0 unspecified atom stereocenters. The van der Waals surface area contributed by atoms with Gasteiger partial charge >= 0.3 is 0 Å². The van der Waals surface area contributed by atoms with E-state index in [0.29, 0.717) is 0 Å². The minimum absolute atomic E-state index is 0. The molecule has 0 atom stereocenters. The second-order valence-electron chi connectivity index (χ2n) is 7.10. The fraction of sp³-hybridized carbons (Fsp3) is 0.545. The van der Waals surface area contributed by atoms with Crippen LogP contribution in [0.15, 0.2) is 29.5 Å². The molecule has 7 nitrogen and oxygen atoms in total. The van der Waals surface area contributed by atoms with Crippen LogP contribution in [0.4, 0.5) is 0 Å². The monoisotopic (exact) mass is 529 g/mol. The van der Waals surface area contributed by atoms with Gasteiger partial charge in [-0.3, -0.25) is 4.99 Å². The predicted octanol–water partition coefficient (Wildman–Crippen LogP) is 4.01. The number of halogens is 1. The molecule has 2 rings (SSSR count). The molecule has 0 saturated heterocycles. The molecule has 1 aromatic carbocycles. The maximum absolute atomic E-state index is 5.46. The maximum Gasteiger partial charge on any atom is 0.193 e. The number of guanidine groups is 1. The minimum Gasteiger partial charge on any atom is -0.493 e. The van der Waals surface area contributed by atoms with E-state index >= 15 is 0 Å². The van der Waals surface area contributed by atoms with Crippen LogP contribution in [-0.4, -0.2) is 54.8 Å². The summed E-state index contributed by atoms with van der Waals surface area (Å²) in [5.41, 5.74) is 2.35. The summed E-state index contributed by atoms with van der Waals surface area (Å²) in [6.45, 7) is 9.57.